The summed E-state index contributed by atoms with van der Waals surface area (Å²) in [6.07, 6.45) is 8.02. The van der Waals surface area contributed by atoms with Crippen molar-refractivity contribution >= 4 is 12.6 Å². The molecule has 0 saturated carbocycles. The average Bonchev–Trinajstić information content (AvgIpc) is 2.34. The van der Waals surface area contributed by atoms with Gasteiger partial charge in [0.2, 0.25) is 0 Å². The van der Waals surface area contributed by atoms with E-state index in [4.69, 9.17) is 0 Å². The Balaban J connectivity index is 0.00000106. The molecule has 1 aromatic carbocycles. The molecule has 0 unspecified atom stereocenters. The fraction of sp³-hybridized carbons (Fsp3) is 0.600. The lowest BCUT2D eigenvalue weighted by molar-refractivity contribution is 0.632. The second-order valence-corrected chi connectivity index (χ2v) is 4.35. The van der Waals surface area contributed by atoms with Gasteiger partial charge in [0.05, 0.1) is 0 Å². The van der Waals surface area contributed by atoms with E-state index in [0.29, 0.717) is 0 Å². The van der Waals surface area contributed by atoms with Crippen LogP contribution in [0.4, 0.5) is 0 Å². The molecule has 0 saturated heterocycles. The molecular formula is C15H26S. The molecule has 0 N–H and O–H groups in total. The van der Waals surface area contributed by atoms with Crippen molar-refractivity contribution in [3.05, 3.63) is 29.8 Å². The molecule has 0 bridgehead atoms. The third-order valence-electron chi connectivity index (χ3n) is 2.51. The first-order valence-electron chi connectivity index (χ1n) is 6.61. The van der Waals surface area contributed by atoms with Crippen LogP contribution in [0.2, 0.25) is 0 Å². The first-order chi connectivity index (χ1) is 7.83. The van der Waals surface area contributed by atoms with Gasteiger partial charge in [-0.25, -0.2) is 0 Å². The quantitative estimate of drug-likeness (QED) is 0.490. The first kappa shape index (κ1) is 15.6. The lowest BCUT2D eigenvalue weighted by atomic mass is 10.1. The van der Waals surface area contributed by atoms with Gasteiger partial charge in [-0.1, -0.05) is 58.6 Å². The van der Waals surface area contributed by atoms with Gasteiger partial charge in [-0.15, -0.1) is 12.6 Å². The van der Waals surface area contributed by atoms with Crippen LogP contribution in [-0.4, -0.2) is 0 Å². The highest BCUT2D eigenvalue weighted by atomic mass is 32.1. The highest BCUT2D eigenvalue weighted by Crippen LogP contribution is 2.11. The van der Waals surface area contributed by atoms with Crippen LogP contribution in [0.25, 0.3) is 0 Å². The van der Waals surface area contributed by atoms with Gasteiger partial charge >= 0.3 is 0 Å². The van der Waals surface area contributed by atoms with Crippen LogP contribution < -0.4 is 0 Å². The zero-order valence-electron chi connectivity index (χ0n) is 11.0. The molecule has 1 heteroatoms. The Morgan fingerprint density at radius 3 is 2.00 bits per heavy atom. The number of unbranched alkanes of at least 4 members (excludes halogenated alkanes) is 4. The zero-order valence-corrected chi connectivity index (χ0v) is 11.9. The van der Waals surface area contributed by atoms with Gasteiger partial charge in [0, 0.05) is 4.90 Å². The van der Waals surface area contributed by atoms with Crippen molar-refractivity contribution in [1.29, 1.82) is 0 Å². The highest BCUT2D eigenvalue weighted by molar-refractivity contribution is 7.80. The molecule has 0 atom stereocenters. The third kappa shape index (κ3) is 7.81. The number of thiol groups is 1. The van der Waals surface area contributed by atoms with Crippen molar-refractivity contribution in [3.63, 3.8) is 0 Å². The summed E-state index contributed by atoms with van der Waals surface area (Å²) in [4.78, 5) is 1.06. The minimum absolute atomic E-state index is 1.06. The van der Waals surface area contributed by atoms with Gasteiger partial charge in [0.15, 0.2) is 0 Å². The summed E-state index contributed by atoms with van der Waals surface area (Å²) in [6.45, 7) is 6.26. The van der Waals surface area contributed by atoms with Crippen molar-refractivity contribution < 1.29 is 0 Å². The van der Waals surface area contributed by atoms with Crippen molar-refractivity contribution in [2.75, 3.05) is 0 Å². The van der Waals surface area contributed by atoms with E-state index in [1.807, 2.05) is 13.8 Å². The Morgan fingerprint density at radius 2 is 1.44 bits per heavy atom. The summed E-state index contributed by atoms with van der Waals surface area (Å²) < 4.78 is 0. The third-order valence-corrected chi connectivity index (χ3v) is 2.80. The van der Waals surface area contributed by atoms with Crippen molar-refractivity contribution in [3.8, 4) is 0 Å². The summed E-state index contributed by atoms with van der Waals surface area (Å²) in [5.41, 5.74) is 1.44. The molecule has 0 spiro atoms. The lowest BCUT2D eigenvalue weighted by Gasteiger charge is -2.01. The summed E-state index contributed by atoms with van der Waals surface area (Å²) in [6, 6.07) is 8.51. The highest BCUT2D eigenvalue weighted by Gasteiger charge is 1.93. The van der Waals surface area contributed by atoms with Gasteiger partial charge in [0.1, 0.15) is 0 Å². The summed E-state index contributed by atoms with van der Waals surface area (Å²) in [7, 11) is 0. The monoisotopic (exact) mass is 238 g/mol. The number of hydrogen-bond acceptors (Lipinski definition) is 1. The average molecular weight is 238 g/mol. The lowest BCUT2D eigenvalue weighted by Crippen LogP contribution is -1.85. The SMILES string of the molecule is CC.CCCCCCCc1ccc(S)cc1. The molecule has 0 aliphatic heterocycles. The minimum Gasteiger partial charge on any atom is -0.143 e. The van der Waals surface area contributed by atoms with E-state index in [1.54, 1.807) is 0 Å². The fourth-order valence-corrected chi connectivity index (χ4v) is 1.74. The Bertz CT molecular complexity index is 238. The van der Waals surface area contributed by atoms with E-state index in [2.05, 4.69) is 43.8 Å². The fourth-order valence-electron chi connectivity index (χ4n) is 1.60. The van der Waals surface area contributed by atoms with Crippen LogP contribution in [0.5, 0.6) is 0 Å². The van der Waals surface area contributed by atoms with Gasteiger partial charge < -0.3 is 0 Å². The van der Waals surface area contributed by atoms with Gasteiger partial charge in [-0.2, -0.15) is 0 Å². The molecule has 0 heterocycles. The van der Waals surface area contributed by atoms with E-state index in [-0.39, 0.29) is 0 Å². The largest absolute Gasteiger partial charge is 0.143 e. The summed E-state index contributed by atoms with van der Waals surface area (Å²) in [5, 5.41) is 0. The summed E-state index contributed by atoms with van der Waals surface area (Å²) >= 11 is 4.27. The second kappa shape index (κ2) is 11.1. The van der Waals surface area contributed by atoms with E-state index < -0.39 is 0 Å². The number of rotatable bonds is 6. The van der Waals surface area contributed by atoms with Crippen LogP contribution in [0.15, 0.2) is 29.2 Å². The maximum Gasteiger partial charge on any atom is 0.00401 e. The minimum atomic E-state index is 1.06. The molecule has 0 aliphatic rings. The number of aryl methyl sites for hydroxylation is 1. The molecule has 0 aliphatic carbocycles. The zero-order chi connectivity index (χ0) is 12.2. The molecule has 1 rings (SSSR count). The van der Waals surface area contributed by atoms with E-state index >= 15 is 0 Å². The second-order valence-electron chi connectivity index (χ2n) is 3.83. The Hall–Kier alpha value is -0.430. The standard InChI is InChI=1S/C13H20S.C2H6/c1-2-3-4-5-6-7-12-8-10-13(14)11-9-12;1-2/h8-11,14H,2-7H2,1H3;1-2H3. The predicted molar refractivity (Wildman–Crippen MR) is 77.5 cm³/mol. The normalized spacial score (nSPS) is 9.50. The van der Waals surface area contributed by atoms with E-state index in [0.717, 1.165) is 4.90 Å². The van der Waals surface area contributed by atoms with Crippen molar-refractivity contribution in [2.24, 2.45) is 0 Å². The molecule has 0 amide bonds. The molecule has 0 fully saturated rings. The maximum atomic E-state index is 4.27. The molecule has 0 radical (unpaired) electrons. The Kier molecular flexibility index (Phi) is 10.8. The first-order valence-corrected chi connectivity index (χ1v) is 7.05. The Labute approximate surface area is 107 Å². The molecule has 0 nitrogen and oxygen atoms in total. The van der Waals surface area contributed by atoms with Gasteiger partial charge in [-0.3, -0.25) is 0 Å². The van der Waals surface area contributed by atoms with E-state index in [1.165, 1.54) is 44.1 Å². The molecule has 16 heavy (non-hydrogen) atoms. The predicted octanol–water partition coefficient (Wildman–Crippen LogP) is 5.51. The number of hydrogen-bond donors (Lipinski definition) is 1. The molecule has 92 valence electrons. The number of benzene rings is 1. The van der Waals surface area contributed by atoms with Crippen LogP contribution in [0.3, 0.4) is 0 Å². The Morgan fingerprint density at radius 1 is 0.875 bits per heavy atom. The topological polar surface area (TPSA) is 0 Å². The molecule has 0 aromatic heterocycles. The van der Waals surface area contributed by atoms with Crippen LogP contribution >= 0.6 is 12.6 Å². The van der Waals surface area contributed by atoms with Crippen LogP contribution in [0, 0.1) is 0 Å². The maximum absolute atomic E-state index is 4.27. The van der Waals surface area contributed by atoms with Crippen molar-refractivity contribution in [2.45, 2.75) is 64.2 Å². The van der Waals surface area contributed by atoms with Crippen molar-refractivity contribution in [1.82, 2.24) is 0 Å². The smallest absolute Gasteiger partial charge is 0.00401 e. The van der Waals surface area contributed by atoms with E-state index in [9.17, 15) is 0 Å². The van der Waals surface area contributed by atoms with Crippen LogP contribution in [-0.2, 0) is 6.42 Å². The van der Waals surface area contributed by atoms with Gasteiger partial charge in [0.25, 0.3) is 0 Å². The van der Waals surface area contributed by atoms with Gasteiger partial charge in [-0.05, 0) is 30.5 Å². The summed E-state index contributed by atoms with van der Waals surface area (Å²) in [5.74, 6) is 0. The van der Waals surface area contributed by atoms with Crippen LogP contribution in [0.1, 0.15) is 58.4 Å². The molecular weight excluding hydrogens is 212 g/mol. The molecule has 1 aromatic rings.